The van der Waals surface area contributed by atoms with Gasteiger partial charge in [-0.2, -0.15) is 0 Å². The lowest BCUT2D eigenvalue weighted by molar-refractivity contribution is -0.114. The van der Waals surface area contributed by atoms with Crippen LogP contribution in [0.2, 0.25) is 0 Å². The number of anilines is 1. The van der Waals surface area contributed by atoms with E-state index in [0.717, 1.165) is 0 Å². The minimum atomic E-state index is -0.147. The van der Waals surface area contributed by atoms with E-state index < -0.39 is 0 Å². The van der Waals surface area contributed by atoms with Crippen LogP contribution in [0, 0.1) is 0 Å². The number of methoxy groups -OCH3 is 2. The summed E-state index contributed by atoms with van der Waals surface area (Å²) in [5.41, 5.74) is 0.624. The van der Waals surface area contributed by atoms with Gasteiger partial charge in [-0.3, -0.25) is 4.79 Å². The number of hydrogen-bond donors (Lipinski definition) is 1. The SMILES string of the molecule is COc1cc(NC(C)=O)c(Br)c(OC)c1. The number of ether oxygens (including phenoxy) is 2. The van der Waals surface area contributed by atoms with Crippen LogP contribution in [0.3, 0.4) is 0 Å². The zero-order valence-electron chi connectivity index (χ0n) is 8.76. The van der Waals surface area contributed by atoms with Gasteiger partial charge in [0.2, 0.25) is 5.91 Å². The molecule has 0 radical (unpaired) electrons. The topological polar surface area (TPSA) is 47.6 Å². The van der Waals surface area contributed by atoms with Crippen LogP contribution in [-0.4, -0.2) is 20.1 Å². The molecule has 0 atom stereocenters. The average Bonchev–Trinajstić information content (AvgIpc) is 2.20. The minimum Gasteiger partial charge on any atom is -0.497 e. The fourth-order valence-electron chi connectivity index (χ4n) is 1.12. The van der Waals surface area contributed by atoms with Crippen molar-refractivity contribution in [3.63, 3.8) is 0 Å². The number of nitrogens with one attached hydrogen (secondary N) is 1. The molecular weight excluding hydrogens is 262 g/mol. The predicted molar refractivity (Wildman–Crippen MR) is 61.5 cm³/mol. The van der Waals surface area contributed by atoms with E-state index in [1.54, 1.807) is 26.4 Å². The lowest BCUT2D eigenvalue weighted by Crippen LogP contribution is -2.07. The standard InChI is InChI=1S/C10H12BrNO3/c1-6(13)12-8-4-7(14-2)5-9(15-3)10(8)11/h4-5H,1-3H3,(H,12,13). The first-order valence-electron chi connectivity index (χ1n) is 4.27. The highest BCUT2D eigenvalue weighted by molar-refractivity contribution is 9.10. The second-order valence-corrected chi connectivity index (χ2v) is 3.67. The Kier molecular flexibility index (Phi) is 3.96. The van der Waals surface area contributed by atoms with Gasteiger partial charge in [-0.1, -0.05) is 0 Å². The molecule has 0 heterocycles. The van der Waals surface area contributed by atoms with E-state index in [-0.39, 0.29) is 5.91 Å². The van der Waals surface area contributed by atoms with Crippen LogP contribution in [-0.2, 0) is 4.79 Å². The fraction of sp³-hybridized carbons (Fsp3) is 0.300. The van der Waals surface area contributed by atoms with E-state index in [0.29, 0.717) is 21.7 Å². The third-order valence-corrected chi connectivity index (χ3v) is 2.60. The van der Waals surface area contributed by atoms with Crippen molar-refractivity contribution in [3.8, 4) is 11.5 Å². The number of halogens is 1. The highest BCUT2D eigenvalue weighted by Gasteiger charge is 2.10. The van der Waals surface area contributed by atoms with Crippen LogP contribution in [0.25, 0.3) is 0 Å². The van der Waals surface area contributed by atoms with Crippen molar-refractivity contribution in [1.29, 1.82) is 0 Å². The quantitative estimate of drug-likeness (QED) is 0.920. The predicted octanol–water partition coefficient (Wildman–Crippen LogP) is 2.42. The molecule has 0 spiro atoms. The number of carbonyl (C=O) groups is 1. The first-order valence-corrected chi connectivity index (χ1v) is 5.07. The Labute approximate surface area is 96.7 Å². The van der Waals surface area contributed by atoms with E-state index in [9.17, 15) is 4.79 Å². The molecule has 82 valence electrons. The zero-order valence-corrected chi connectivity index (χ0v) is 10.3. The number of amides is 1. The Morgan fingerprint density at radius 2 is 2.00 bits per heavy atom. The number of hydrogen-bond acceptors (Lipinski definition) is 3. The molecule has 0 fully saturated rings. The van der Waals surface area contributed by atoms with Gasteiger partial charge >= 0.3 is 0 Å². The largest absolute Gasteiger partial charge is 0.497 e. The van der Waals surface area contributed by atoms with Crippen molar-refractivity contribution < 1.29 is 14.3 Å². The first-order chi connectivity index (χ1) is 7.08. The molecule has 0 unspecified atom stereocenters. The van der Waals surface area contributed by atoms with Gasteiger partial charge in [-0.15, -0.1) is 0 Å². The monoisotopic (exact) mass is 273 g/mol. The number of rotatable bonds is 3. The molecule has 1 amide bonds. The summed E-state index contributed by atoms with van der Waals surface area (Å²) in [7, 11) is 3.11. The van der Waals surface area contributed by atoms with Crippen molar-refractivity contribution in [2.75, 3.05) is 19.5 Å². The van der Waals surface area contributed by atoms with Gasteiger partial charge in [0, 0.05) is 19.1 Å². The Morgan fingerprint density at radius 3 is 2.47 bits per heavy atom. The second-order valence-electron chi connectivity index (χ2n) is 2.87. The van der Waals surface area contributed by atoms with Crippen molar-refractivity contribution in [1.82, 2.24) is 0 Å². The van der Waals surface area contributed by atoms with Crippen LogP contribution in [0.1, 0.15) is 6.92 Å². The van der Waals surface area contributed by atoms with Crippen molar-refractivity contribution in [2.24, 2.45) is 0 Å². The molecular formula is C10H12BrNO3. The summed E-state index contributed by atoms with van der Waals surface area (Å²) >= 11 is 3.34. The zero-order chi connectivity index (χ0) is 11.4. The van der Waals surface area contributed by atoms with Crippen LogP contribution in [0.5, 0.6) is 11.5 Å². The second kappa shape index (κ2) is 5.02. The third-order valence-electron chi connectivity index (χ3n) is 1.78. The summed E-state index contributed by atoms with van der Waals surface area (Å²) in [6.45, 7) is 1.44. The minimum absolute atomic E-state index is 0.147. The summed E-state index contributed by atoms with van der Waals surface area (Å²) in [4.78, 5) is 11.0. The molecule has 1 N–H and O–H groups in total. The van der Waals surface area contributed by atoms with Crippen LogP contribution in [0.15, 0.2) is 16.6 Å². The smallest absolute Gasteiger partial charge is 0.221 e. The van der Waals surface area contributed by atoms with Gasteiger partial charge in [0.25, 0.3) is 0 Å². The van der Waals surface area contributed by atoms with Gasteiger partial charge in [0.1, 0.15) is 11.5 Å². The molecule has 0 saturated carbocycles. The Bertz CT molecular complexity index is 379. The number of benzene rings is 1. The molecule has 0 aliphatic heterocycles. The maximum Gasteiger partial charge on any atom is 0.221 e. The molecule has 0 aromatic heterocycles. The lowest BCUT2D eigenvalue weighted by atomic mass is 10.2. The molecule has 0 bridgehead atoms. The Balaban J connectivity index is 3.17. The summed E-state index contributed by atoms with van der Waals surface area (Å²) in [6, 6.07) is 3.45. The summed E-state index contributed by atoms with van der Waals surface area (Å²) < 4.78 is 10.9. The lowest BCUT2D eigenvalue weighted by Gasteiger charge is -2.11. The maximum atomic E-state index is 11.0. The van der Waals surface area contributed by atoms with E-state index in [2.05, 4.69) is 21.2 Å². The van der Waals surface area contributed by atoms with Crippen molar-refractivity contribution >= 4 is 27.5 Å². The van der Waals surface area contributed by atoms with Crippen LogP contribution >= 0.6 is 15.9 Å². The summed E-state index contributed by atoms with van der Waals surface area (Å²) in [6.07, 6.45) is 0. The Hall–Kier alpha value is -1.23. The molecule has 5 heteroatoms. The van der Waals surface area contributed by atoms with Crippen molar-refractivity contribution in [2.45, 2.75) is 6.92 Å². The molecule has 1 aromatic carbocycles. The molecule has 0 saturated heterocycles. The van der Waals surface area contributed by atoms with E-state index in [1.807, 2.05) is 0 Å². The van der Waals surface area contributed by atoms with Crippen LogP contribution in [0.4, 0.5) is 5.69 Å². The van der Waals surface area contributed by atoms with Crippen LogP contribution < -0.4 is 14.8 Å². The first kappa shape index (κ1) is 11.8. The van der Waals surface area contributed by atoms with Gasteiger partial charge in [-0.05, 0) is 15.9 Å². The average molecular weight is 274 g/mol. The number of carbonyl (C=O) groups excluding carboxylic acids is 1. The highest BCUT2D eigenvalue weighted by Crippen LogP contribution is 2.36. The summed E-state index contributed by atoms with van der Waals surface area (Å²) in [5.74, 6) is 1.09. The molecule has 4 nitrogen and oxygen atoms in total. The normalized spacial score (nSPS) is 9.60. The maximum absolute atomic E-state index is 11.0. The molecule has 1 aromatic rings. The van der Waals surface area contributed by atoms with Gasteiger partial charge < -0.3 is 14.8 Å². The van der Waals surface area contributed by atoms with Gasteiger partial charge in [0.15, 0.2) is 0 Å². The summed E-state index contributed by atoms with van der Waals surface area (Å²) in [5, 5.41) is 2.68. The van der Waals surface area contributed by atoms with Gasteiger partial charge in [-0.25, -0.2) is 0 Å². The van der Waals surface area contributed by atoms with E-state index in [1.165, 1.54) is 6.92 Å². The third kappa shape index (κ3) is 2.86. The van der Waals surface area contributed by atoms with Crippen molar-refractivity contribution in [3.05, 3.63) is 16.6 Å². The highest BCUT2D eigenvalue weighted by atomic mass is 79.9. The fourth-order valence-corrected chi connectivity index (χ4v) is 1.61. The molecule has 15 heavy (non-hydrogen) atoms. The van der Waals surface area contributed by atoms with E-state index >= 15 is 0 Å². The van der Waals surface area contributed by atoms with Gasteiger partial charge in [0.05, 0.1) is 24.4 Å². The molecule has 0 aliphatic rings. The molecule has 1 rings (SSSR count). The Morgan fingerprint density at radius 1 is 1.33 bits per heavy atom. The van der Waals surface area contributed by atoms with E-state index in [4.69, 9.17) is 9.47 Å². The molecule has 0 aliphatic carbocycles.